The van der Waals surface area contributed by atoms with Gasteiger partial charge in [-0.15, -0.1) is 0 Å². The summed E-state index contributed by atoms with van der Waals surface area (Å²) in [6.45, 7) is 0. The Labute approximate surface area is 89.9 Å². The molecular weight excluding hydrogens is 190 g/mol. The quantitative estimate of drug-likeness (QED) is 0.816. The average molecular weight is 207 g/mol. The van der Waals surface area contributed by atoms with Crippen molar-refractivity contribution in [3.05, 3.63) is 18.1 Å². The molecule has 0 aromatic carbocycles. The lowest BCUT2D eigenvalue weighted by Crippen LogP contribution is -2.21. The third-order valence-corrected chi connectivity index (χ3v) is 3.06. The molecular formula is C11H17N3O. The highest BCUT2D eigenvalue weighted by Crippen LogP contribution is 2.33. The van der Waals surface area contributed by atoms with Crippen LogP contribution >= 0.6 is 0 Å². The lowest BCUT2D eigenvalue weighted by Gasteiger charge is -2.27. The number of nitrogens with two attached hydrogens (primary N) is 1. The molecule has 1 saturated carbocycles. The summed E-state index contributed by atoms with van der Waals surface area (Å²) in [5.74, 6) is 1.38. The van der Waals surface area contributed by atoms with Gasteiger partial charge in [-0.05, 0) is 12.3 Å². The molecule has 2 N–H and O–H groups in total. The number of aromatic nitrogens is 2. The van der Waals surface area contributed by atoms with Crippen molar-refractivity contribution in [3.63, 3.8) is 0 Å². The Morgan fingerprint density at radius 3 is 2.93 bits per heavy atom. The number of ether oxygens (including phenoxy) is 1. The van der Waals surface area contributed by atoms with Crippen molar-refractivity contribution in [1.29, 1.82) is 0 Å². The zero-order chi connectivity index (χ0) is 10.7. The van der Waals surface area contributed by atoms with Crippen LogP contribution in [0.3, 0.4) is 0 Å². The van der Waals surface area contributed by atoms with Gasteiger partial charge in [0.15, 0.2) is 0 Å². The Kier molecular flexibility index (Phi) is 3.16. The molecule has 15 heavy (non-hydrogen) atoms. The first kappa shape index (κ1) is 10.4. The van der Waals surface area contributed by atoms with Crippen molar-refractivity contribution in [2.24, 2.45) is 11.7 Å². The molecule has 4 heteroatoms. The minimum atomic E-state index is 0.0206. The summed E-state index contributed by atoms with van der Waals surface area (Å²) in [6.07, 6.45) is 6.52. The first-order valence-electron chi connectivity index (χ1n) is 5.41. The first-order valence-corrected chi connectivity index (χ1v) is 5.41. The predicted octanol–water partition coefficient (Wildman–Crippen LogP) is 1.68. The molecule has 0 amide bonds. The van der Waals surface area contributed by atoms with Crippen LogP contribution in [0.1, 0.15) is 37.4 Å². The maximum Gasteiger partial charge on any atom is 0.216 e. The Bertz CT molecular complexity index is 325. The number of hydrogen-bond acceptors (Lipinski definition) is 4. The van der Waals surface area contributed by atoms with Gasteiger partial charge in [0.1, 0.15) is 6.33 Å². The van der Waals surface area contributed by atoms with Crippen molar-refractivity contribution < 1.29 is 4.74 Å². The summed E-state index contributed by atoms with van der Waals surface area (Å²) in [4.78, 5) is 8.15. The van der Waals surface area contributed by atoms with E-state index in [0.29, 0.717) is 5.88 Å². The van der Waals surface area contributed by atoms with E-state index >= 15 is 0 Å². The molecule has 4 nitrogen and oxygen atoms in total. The number of hydrogen-bond donors (Lipinski definition) is 1. The highest BCUT2D eigenvalue weighted by atomic mass is 16.5. The SMILES string of the molecule is COc1cc(C(N)CC2CCC2)ncn1. The van der Waals surface area contributed by atoms with Crippen LogP contribution in [0.4, 0.5) is 0 Å². The second-order valence-electron chi connectivity index (χ2n) is 4.12. The van der Waals surface area contributed by atoms with Crippen LogP contribution < -0.4 is 10.5 Å². The van der Waals surface area contributed by atoms with Crippen LogP contribution in [0.15, 0.2) is 12.4 Å². The maximum absolute atomic E-state index is 6.08. The van der Waals surface area contributed by atoms with Crippen LogP contribution in [0.2, 0.25) is 0 Å². The van der Waals surface area contributed by atoms with Gasteiger partial charge in [-0.2, -0.15) is 0 Å². The van der Waals surface area contributed by atoms with E-state index in [0.717, 1.165) is 18.0 Å². The van der Waals surface area contributed by atoms with Gasteiger partial charge in [0.05, 0.1) is 12.8 Å². The zero-order valence-electron chi connectivity index (χ0n) is 9.02. The van der Waals surface area contributed by atoms with Crippen LogP contribution in [0.5, 0.6) is 5.88 Å². The second-order valence-corrected chi connectivity index (χ2v) is 4.12. The lowest BCUT2D eigenvalue weighted by molar-refractivity contribution is 0.275. The Morgan fingerprint density at radius 1 is 1.53 bits per heavy atom. The molecule has 0 spiro atoms. The molecule has 2 rings (SSSR count). The third kappa shape index (κ3) is 2.45. The molecule has 0 radical (unpaired) electrons. The minimum Gasteiger partial charge on any atom is -0.481 e. The molecule has 1 heterocycles. The van der Waals surface area contributed by atoms with E-state index in [1.807, 2.05) is 6.07 Å². The maximum atomic E-state index is 6.08. The zero-order valence-corrected chi connectivity index (χ0v) is 9.02. The molecule has 1 fully saturated rings. The Balaban J connectivity index is 1.99. The number of methoxy groups -OCH3 is 1. The van der Waals surface area contributed by atoms with Gasteiger partial charge in [-0.1, -0.05) is 19.3 Å². The fourth-order valence-corrected chi connectivity index (χ4v) is 1.88. The van der Waals surface area contributed by atoms with Crippen LogP contribution in [0.25, 0.3) is 0 Å². The van der Waals surface area contributed by atoms with Crippen LogP contribution in [0, 0.1) is 5.92 Å². The second kappa shape index (κ2) is 4.57. The van der Waals surface area contributed by atoms with Gasteiger partial charge < -0.3 is 10.5 Å². The summed E-state index contributed by atoms with van der Waals surface area (Å²) in [5.41, 5.74) is 6.97. The van der Waals surface area contributed by atoms with E-state index in [1.165, 1.54) is 25.6 Å². The summed E-state index contributed by atoms with van der Waals surface area (Å²) < 4.78 is 5.04. The van der Waals surface area contributed by atoms with Crippen LogP contribution in [-0.2, 0) is 0 Å². The Morgan fingerprint density at radius 2 is 2.33 bits per heavy atom. The molecule has 1 unspecified atom stereocenters. The van der Waals surface area contributed by atoms with E-state index in [2.05, 4.69) is 9.97 Å². The molecule has 0 bridgehead atoms. The highest BCUT2D eigenvalue weighted by Gasteiger charge is 2.21. The van der Waals surface area contributed by atoms with E-state index in [9.17, 15) is 0 Å². The molecule has 0 aliphatic heterocycles. The van der Waals surface area contributed by atoms with Gasteiger partial charge in [0, 0.05) is 12.1 Å². The molecule has 82 valence electrons. The van der Waals surface area contributed by atoms with Gasteiger partial charge in [0.2, 0.25) is 5.88 Å². The average Bonchev–Trinajstić information content (AvgIpc) is 2.23. The van der Waals surface area contributed by atoms with Crippen molar-refractivity contribution in [2.75, 3.05) is 7.11 Å². The largest absolute Gasteiger partial charge is 0.481 e. The van der Waals surface area contributed by atoms with Crippen molar-refractivity contribution in [3.8, 4) is 5.88 Å². The van der Waals surface area contributed by atoms with Crippen molar-refractivity contribution in [2.45, 2.75) is 31.7 Å². The molecule has 1 aliphatic rings. The summed E-state index contributed by atoms with van der Waals surface area (Å²) in [5, 5.41) is 0. The summed E-state index contributed by atoms with van der Waals surface area (Å²) in [7, 11) is 1.60. The minimum absolute atomic E-state index is 0.0206. The predicted molar refractivity (Wildman–Crippen MR) is 57.5 cm³/mol. The monoisotopic (exact) mass is 207 g/mol. The summed E-state index contributed by atoms with van der Waals surface area (Å²) in [6, 6.07) is 1.84. The lowest BCUT2D eigenvalue weighted by atomic mass is 9.80. The number of nitrogens with zero attached hydrogens (tertiary/aromatic N) is 2. The van der Waals surface area contributed by atoms with Gasteiger partial charge in [0.25, 0.3) is 0 Å². The third-order valence-electron chi connectivity index (χ3n) is 3.06. The van der Waals surface area contributed by atoms with Crippen LogP contribution in [-0.4, -0.2) is 17.1 Å². The standard InChI is InChI=1S/C11H17N3O/c1-15-11-6-10(13-7-14-11)9(12)5-8-3-2-4-8/h6-9H,2-5,12H2,1H3. The van der Waals surface area contributed by atoms with Crippen molar-refractivity contribution in [1.82, 2.24) is 9.97 Å². The van der Waals surface area contributed by atoms with E-state index in [4.69, 9.17) is 10.5 Å². The summed E-state index contributed by atoms with van der Waals surface area (Å²) >= 11 is 0. The topological polar surface area (TPSA) is 61.0 Å². The van der Waals surface area contributed by atoms with E-state index in [1.54, 1.807) is 7.11 Å². The molecule has 1 aliphatic carbocycles. The van der Waals surface area contributed by atoms with Gasteiger partial charge >= 0.3 is 0 Å². The normalized spacial score (nSPS) is 18.3. The smallest absolute Gasteiger partial charge is 0.216 e. The molecule has 1 atom stereocenters. The highest BCUT2D eigenvalue weighted by molar-refractivity contribution is 5.16. The van der Waals surface area contributed by atoms with Crippen molar-refractivity contribution >= 4 is 0 Å². The fourth-order valence-electron chi connectivity index (χ4n) is 1.88. The fraction of sp³-hybridized carbons (Fsp3) is 0.636. The van der Waals surface area contributed by atoms with Gasteiger partial charge in [-0.25, -0.2) is 9.97 Å². The van der Waals surface area contributed by atoms with E-state index < -0.39 is 0 Å². The molecule has 1 aromatic rings. The Hall–Kier alpha value is -1.16. The molecule has 0 saturated heterocycles. The first-order chi connectivity index (χ1) is 7.29. The molecule has 1 aromatic heterocycles. The number of rotatable bonds is 4. The van der Waals surface area contributed by atoms with Gasteiger partial charge in [-0.3, -0.25) is 0 Å². The van der Waals surface area contributed by atoms with E-state index in [-0.39, 0.29) is 6.04 Å².